The number of methoxy groups -OCH3 is 1. The second-order valence-electron chi connectivity index (χ2n) is 7.85. The highest BCUT2D eigenvalue weighted by Crippen LogP contribution is 2.28. The topological polar surface area (TPSA) is 66.9 Å². The number of amides is 1. The van der Waals surface area contributed by atoms with Crippen molar-refractivity contribution >= 4 is 38.3 Å². The van der Waals surface area contributed by atoms with Gasteiger partial charge in [0.2, 0.25) is 15.9 Å². The molecule has 1 atom stereocenters. The van der Waals surface area contributed by atoms with E-state index in [4.69, 9.17) is 16.3 Å². The standard InChI is InChI=1S/C24H25ClN2O4S/c1-17(18-7-8-20-16-21(31-2)10-9-19(20)15-18)24(28)26-11-13-27(14-12-26)32(29,30)23-6-4-3-5-22(23)25/h3-10,15-17H,11-14H2,1-2H3/t17-/m0/s1. The Morgan fingerprint density at radius 3 is 2.31 bits per heavy atom. The van der Waals surface area contributed by atoms with Gasteiger partial charge in [0.1, 0.15) is 10.6 Å². The molecule has 0 unspecified atom stereocenters. The highest BCUT2D eigenvalue weighted by Gasteiger charge is 2.32. The molecule has 32 heavy (non-hydrogen) atoms. The smallest absolute Gasteiger partial charge is 0.244 e. The summed E-state index contributed by atoms with van der Waals surface area (Å²) < 4.78 is 32.5. The Labute approximate surface area is 193 Å². The van der Waals surface area contributed by atoms with E-state index < -0.39 is 10.0 Å². The Bertz CT molecular complexity index is 1250. The van der Waals surface area contributed by atoms with Gasteiger partial charge in [-0.2, -0.15) is 4.31 Å². The van der Waals surface area contributed by atoms with E-state index >= 15 is 0 Å². The van der Waals surface area contributed by atoms with Crippen molar-refractivity contribution in [3.8, 4) is 5.75 Å². The number of carbonyl (C=O) groups excluding carboxylic acids is 1. The number of fused-ring (bicyclic) bond motifs is 1. The van der Waals surface area contributed by atoms with Gasteiger partial charge in [-0.15, -0.1) is 0 Å². The summed E-state index contributed by atoms with van der Waals surface area (Å²) in [6.07, 6.45) is 0. The van der Waals surface area contributed by atoms with E-state index in [-0.39, 0.29) is 34.8 Å². The summed E-state index contributed by atoms with van der Waals surface area (Å²) in [5.74, 6) is 0.458. The molecule has 0 aliphatic carbocycles. The normalized spacial score (nSPS) is 16.2. The van der Waals surface area contributed by atoms with Crippen LogP contribution >= 0.6 is 11.6 Å². The summed E-state index contributed by atoms with van der Waals surface area (Å²) >= 11 is 6.10. The fourth-order valence-corrected chi connectivity index (χ4v) is 5.91. The van der Waals surface area contributed by atoms with Crippen LogP contribution < -0.4 is 4.74 Å². The van der Waals surface area contributed by atoms with Crippen LogP contribution in [0.5, 0.6) is 5.75 Å². The van der Waals surface area contributed by atoms with Crippen molar-refractivity contribution in [2.75, 3.05) is 33.3 Å². The van der Waals surface area contributed by atoms with E-state index in [0.29, 0.717) is 13.1 Å². The second-order valence-corrected chi connectivity index (χ2v) is 10.2. The minimum absolute atomic E-state index is 0.00680. The molecule has 0 radical (unpaired) electrons. The molecule has 3 aromatic carbocycles. The Balaban J connectivity index is 1.45. The van der Waals surface area contributed by atoms with Crippen LogP contribution in [0.4, 0.5) is 0 Å². The fourth-order valence-electron chi connectivity index (χ4n) is 4.00. The Morgan fingerprint density at radius 2 is 1.62 bits per heavy atom. The van der Waals surface area contributed by atoms with Gasteiger partial charge in [0.15, 0.2) is 0 Å². The number of rotatable bonds is 5. The molecule has 1 fully saturated rings. The van der Waals surface area contributed by atoms with Crippen LogP contribution in [-0.4, -0.2) is 56.8 Å². The number of hydrogen-bond acceptors (Lipinski definition) is 4. The van der Waals surface area contributed by atoms with Crippen molar-refractivity contribution in [1.82, 2.24) is 9.21 Å². The van der Waals surface area contributed by atoms with E-state index in [1.54, 1.807) is 30.2 Å². The van der Waals surface area contributed by atoms with E-state index in [2.05, 4.69) is 0 Å². The first-order chi connectivity index (χ1) is 15.3. The van der Waals surface area contributed by atoms with E-state index in [0.717, 1.165) is 22.1 Å². The maximum Gasteiger partial charge on any atom is 0.244 e. The van der Waals surface area contributed by atoms with E-state index in [1.807, 2.05) is 43.3 Å². The first-order valence-corrected chi connectivity index (χ1v) is 12.2. The van der Waals surface area contributed by atoms with Gasteiger partial charge in [0.25, 0.3) is 0 Å². The zero-order valence-corrected chi connectivity index (χ0v) is 19.6. The highest BCUT2D eigenvalue weighted by molar-refractivity contribution is 7.89. The van der Waals surface area contributed by atoms with Crippen molar-refractivity contribution in [3.63, 3.8) is 0 Å². The lowest BCUT2D eigenvalue weighted by molar-refractivity contribution is -0.133. The van der Waals surface area contributed by atoms with Crippen LogP contribution in [0.15, 0.2) is 65.6 Å². The van der Waals surface area contributed by atoms with Crippen molar-refractivity contribution < 1.29 is 17.9 Å². The molecular formula is C24H25ClN2O4S. The molecule has 6 nitrogen and oxygen atoms in total. The van der Waals surface area contributed by atoms with Gasteiger partial charge in [0.05, 0.1) is 18.1 Å². The van der Waals surface area contributed by atoms with Crippen molar-refractivity contribution in [2.45, 2.75) is 17.7 Å². The Morgan fingerprint density at radius 1 is 0.969 bits per heavy atom. The van der Waals surface area contributed by atoms with Crippen LogP contribution in [0.25, 0.3) is 10.8 Å². The average Bonchev–Trinajstić information content (AvgIpc) is 2.82. The zero-order chi connectivity index (χ0) is 22.9. The number of sulfonamides is 1. The maximum absolute atomic E-state index is 13.1. The molecule has 0 aromatic heterocycles. The second kappa shape index (κ2) is 9.10. The van der Waals surface area contributed by atoms with Crippen LogP contribution in [0.2, 0.25) is 5.02 Å². The molecule has 0 spiro atoms. The van der Waals surface area contributed by atoms with Crippen LogP contribution in [0, 0.1) is 0 Å². The molecule has 3 aromatic rings. The van der Waals surface area contributed by atoms with Gasteiger partial charge in [-0.3, -0.25) is 4.79 Å². The first-order valence-electron chi connectivity index (χ1n) is 10.4. The number of hydrogen-bond donors (Lipinski definition) is 0. The molecule has 4 rings (SSSR count). The van der Waals surface area contributed by atoms with Gasteiger partial charge < -0.3 is 9.64 Å². The van der Waals surface area contributed by atoms with Gasteiger partial charge in [-0.1, -0.05) is 48.0 Å². The van der Waals surface area contributed by atoms with Gasteiger partial charge >= 0.3 is 0 Å². The van der Waals surface area contributed by atoms with Crippen molar-refractivity contribution in [1.29, 1.82) is 0 Å². The molecule has 0 saturated carbocycles. The lowest BCUT2D eigenvalue weighted by atomic mass is 9.96. The van der Waals surface area contributed by atoms with E-state index in [9.17, 15) is 13.2 Å². The van der Waals surface area contributed by atoms with Gasteiger partial charge in [-0.05, 0) is 47.5 Å². The molecule has 1 amide bonds. The minimum atomic E-state index is -3.69. The monoisotopic (exact) mass is 472 g/mol. The summed E-state index contributed by atoms with van der Waals surface area (Å²) in [6.45, 7) is 3.06. The third kappa shape index (κ3) is 4.33. The number of carbonyl (C=O) groups is 1. The van der Waals surface area contributed by atoms with Gasteiger partial charge in [0, 0.05) is 26.2 Å². The van der Waals surface area contributed by atoms with Crippen molar-refractivity contribution in [2.24, 2.45) is 0 Å². The molecule has 1 heterocycles. The predicted molar refractivity (Wildman–Crippen MR) is 126 cm³/mol. The molecule has 0 N–H and O–H groups in total. The SMILES string of the molecule is COc1ccc2cc([C@H](C)C(=O)N3CCN(S(=O)(=O)c4ccccc4Cl)CC3)ccc2c1. The molecule has 8 heteroatoms. The molecule has 1 aliphatic heterocycles. The maximum atomic E-state index is 13.1. The number of halogens is 1. The molecular weight excluding hydrogens is 448 g/mol. The molecule has 1 saturated heterocycles. The lowest BCUT2D eigenvalue weighted by Crippen LogP contribution is -2.51. The zero-order valence-electron chi connectivity index (χ0n) is 18.0. The molecule has 0 bridgehead atoms. The molecule has 168 valence electrons. The highest BCUT2D eigenvalue weighted by atomic mass is 35.5. The quantitative estimate of drug-likeness (QED) is 0.559. The minimum Gasteiger partial charge on any atom is -0.497 e. The third-order valence-electron chi connectivity index (χ3n) is 5.95. The van der Waals surface area contributed by atoms with Crippen LogP contribution in [0.1, 0.15) is 18.4 Å². The number of benzene rings is 3. The van der Waals surface area contributed by atoms with Gasteiger partial charge in [-0.25, -0.2) is 8.42 Å². The summed E-state index contributed by atoms with van der Waals surface area (Å²) in [4.78, 5) is 15.0. The Hall–Kier alpha value is -2.61. The third-order valence-corrected chi connectivity index (χ3v) is 8.35. The Kier molecular flexibility index (Phi) is 6.42. The summed E-state index contributed by atoms with van der Waals surface area (Å²) in [5.41, 5.74) is 0.929. The summed E-state index contributed by atoms with van der Waals surface area (Å²) in [7, 11) is -2.06. The summed E-state index contributed by atoms with van der Waals surface area (Å²) in [6, 6.07) is 18.2. The number of piperazine rings is 1. The first kappa shape index (κ1) is 22.6. The summed E-state index contributed by atoms with van der Waals surface area (Å²) in [5, 5.41) is 2.29. The predicted octanol–water partition coefficient (Wildman–Crippen LogP) is 4.14. The molecule has 1 aliphatic rings. The number of nitrogens with zero attached hydrogens (tertiary/aromatic N) is 2. The lowest BCUT2D eigenvalue weighted by Gasteiger charge is -2.35. The number of ether oxygens (including phenoxy) is 1. The van der Waals surface area contributed by atoms with Crippen LogP contribution in [0.3, 0.4) is 0 Å². The van der Waals surface area contributed by atoms with Crippen LogP contribution in [-0.2, 0) is 14.8 Å². The largest absolute Gasteiger partial charge is 0.497 e. The van der Waals surface area contributed by atoms with E-state index in [1.165, 1.54) is 10.4 Å². The van der Waals surface area contributed by atoms with Crippen molar-refractivity contribution in [3.05, 3.63) is 71.2 Å². The average molecular weight is 473 g/mol. The fraction of sp³-hybridized carbons (Fsp3) is 0.292.